The summed E-state index contributed by atoms with van der Waals surface area (Å²) in [6, 6.07) is 2.32. The third kappa shape index (κ3) is 2.15. The van der Waals surface area contributed by atoms with E-state index in [9.17, 15) is 12.8 Å². The second-order valence-electron chi connectivity index (χ2n) is 2.24. The van der Waals surface area contributed by atoms with E-state index in [1.807, 2.05) is 0 Å². The standard InChI is InChI=1S/C6H5ClFNO2S/c1-4-2-5(8)9-6(3-4)12(7,10)11/h2-3H,1H3. The molecule has 0 spiro atoms. The Morgan fingerprint density at radius 3 is 2.50 bits per heavy atom. The molecule has 0 unspecified atom stereocenters. The molecule has 0 aromatic carbocycles. The molecule has 0 N–H and O–H groups in total. The number of hydrogen-bond donors (Lipinski definition) is 0. The average molecular weight is 210 g/mol. The Labute approximate surface area is 73.6 Å². The van der Waals surface area contributed by atoms with Gasteiger partial charge < -0.3 is 0 Å². The molecule has 0 aliphatic carbocycles. The Morgan fingerprint density at radius 1 is 1.50 bits per heavy atom. The topological polar surface area (TPSA) is 47.0 Å². The van der Waals surface area contributed by atoms with Crippen molar-refractivity contribution in [3.8, 4) is 0 Å². The van der Waals surface area contributed by atoms with E-state index in [2.05, 4.69) is 4.98 Å². The summed E-state index contributed by atoms with van der Waals surface area (Å²) in [5.41, 5.74) is 0.460. The van der Waals surface area contributed by atoms with Crippen molar-refractivity contribution in [2.75, 3.05) is 0 Å². The molecule has 1 heterocycles. The molecule has 12 heavy (non-hydrogen) atoms. The summed E-state index contributed by atoms with van der Waals surface area (Å²) < 4.78 is 33.9. The highest BCUT2D eigenvalue weighted by Crippen LogP contribution is 2.13. The first-order chi connectivity index (χ1) is 5.39. The van der Waals surface area contributed by atoms with Crippen LogP contribution in [0.1, 0.15) is 5.56 Å². The fraction of sp³-hybridized carbons (Fsp3) is 0.167. The van der Waals surface area contributed by atoms with Crippen LogP contribution in [0.4, 0.5) is 4.39 Å². The number of pyridine rings is 1. The van der Waals surface area contributed by atoms with Gasteiger partial charge in [-0.05, 0) is 24.6 Å². The molecule has 0 saturated heterocycles. The van der Waals surface area contributed by atoms with Crippen LogP contribution < -0.4 is 0 Å². The zero-order valence-corrected chi connectivity index (χ0v) is 7.66. The van der Waals surface area contributed by atoms with Gasteiger partial charge in [-0.25, -0.2) is 13.4 Å². The molecule has 0 amide bonds. The Bertz CT molecular complexity index is 384. The molecule has 0 aliphatic rings. The van der Waals surface area contributed by atoms with Gasteiger partial charge in [0.25, 0.3) is 9.05 Å². The number of halogens is 2. The van der Waals surface area contributed by atoms with Crippen LogP contribution in [0.25, 0.3) is 0 Å². The normalized spacial score (nSPS) is 11.6. The van der Waals surface area contributed by atoms with E-state index >= 15 is 0 Å². The minimum atomic E-state index is -3.93. The monoisotopic (exact) mass is 209 g/mol. The van der Waals surface area contributed by atoms with Gasteiger partial charge in [0.1, 0.15) is 0 Å². The highest BCUT2D eigenvalue weighted by atomic mass is 35.7. The second kappa shape index (κ2) is 2.99. The summed E-state index contributed by atoms with van der Waals surface area (Å²) in [5.74, 6) is -0.853. The van der Waals surface area contributed by atoms with Gasteiger partial charge in [0.15, 0.2) is 5.03 Å². The fourth-order valence-electron chi connectivity index (χ4n) is 0.719. The highest BCUT2D eigenvalue weighted by Gasteiger charge is 2.12. The van der Waals surface area contributed by atoms with E-state index in [0.29, 0.717) is 5.56 Å². The number of nitrogens with zero attached hydrogens (tertiary/aromatic N) is 1. The van der Waals surface area contributed by atoms with E-state index in [1.165, 1.54) is 6.07 Å². The lowest BCUT2D eigenvalue weighted by molar-refractivity contribution is 0.560. The number of aryl methyl sites for hydroxylation is 1. The van der Waals surface area contributed by atoms with Crippen molar-refractivity contribution in [2.24, 2.45) is 0 Å². The fourth-order valence-corrected chi connectivity index (χ4v) is 1.48. The van der Waals surface area contributed by atoms with Gasteiger partial charge >= 0.3 is 0 Å². The lowest BCUT2D eigenvalue weighted by Gasteiger charge is -1.96. The molecule has 1 aromatic rings. The summed E-state index contributed by atoms with van der Waals surface area (Å²) >= 11 is 0. The van der Waals surface area contributed by atoms with Crippen LogP contribution in [0.2, 0.25) is 0 Å². The van der Waals surface area contributed by atoms with Crippen molar-refractivity contribution >= 4 is 19.7 Å². The van der Waals surface area contributed by atoms with Gasteiger partial charge in [0.05, 0.1) is 0 Å². The smallest absolute Gasteiger partial charge is 0.207 e. The quantitative estimate of drug-likeness (QED) is 0.520. The van der Waals surface area contributed by atoms with E-state index in [0.717, 1.165) is 6.07 Å². The summed E-state index contributed by atoms with van der Waals surface area (Å²) in [4.78, 5) is 3.12. The van der Waals surface area contributed by atoms with Crippen LogP contribution in [0, 0.1) is 12.9 Å². The number of rotatable bonds is 1. The lowest BCUT2D eigenvalue weighted by Crippen LogP contribution is -1.97. The maximum atomic E-state index is 12.5. The molecular weight excluding hydrogens is 205 g/mol. The average Bonchev–Trinajstić information content (AvgIpc) is 1.82. The molecule has 3 nitrogen and oxygen atoms in total. The molecular formula is C6H5ClFNO2S. The van der Waals surface area contributed by atoms with Crippen LogP contribution in [0.3, 0.4) is 0 Å². The van der Waals surface area contributed by atoms with Crippen molar-refractivity contribution < 1.29 is 12.8 Å². The minimum Gasteiger partial charge on any atom is -0.207 e. The third-order valence-electron chi connectivity index (χ3n) is 1.16. The SMILES string of the molecule is Cc1cc(F)nc(S(=O)(=O)Cl)c1. The van der Waals surface area contributed by atoms with E-state index in [4.69, 9.17) is 10.7 Å². The molecule has 1 rings (SSSR count). The molecule has 0 radical (unpaired) electrons. The van der Waals surface area contributed by atoms with Gasteiger partial charge in [-0.3, -0.25) is 0 Å². The van der Waals surface area contributed by atoms with Crippen molar-refractivity contribution in [1.29, 1.82) is 0 Å². The van der Waals surface area contributed by atoms with Gasteiger partial charge in [0.2, 0.25) is 5.95 Å². The molecule has 0 bridgehead atoms. The Morgan fingerprint density at radius 2 is 2.08 bits per heavy atom. The molecule has 6 heteroatoms. The van der Waals surface area contributed by atoms with Crippen molar-refractivity contribution in [3.63, 3.8) is 0 Å². The second-order valence-corrected chi connectivity index (χ2v) is 4.76. The third-order valence-corrected chi connectivity index (χ3v) is 2.35. The Hall–Kier alpha value is -0.680. The van der Waals surface area contributed by atoms with Crippen LogP contribution in [-0.2, 0) is 9.05 Å². The summed E-state index contributed by atoms with van der Waals surface area (Å²) in [5, 5.41) is -0.457. The molecule has 0 fully saturated rings. The van der Waals surface area contributed by atoms with Crippen LogP contribution in [0.5, 0.6) is 0 Å². The number of aromatic nitrogens is 1. The van der Waals surface area contributed by atoms with E-state index in [-0.39, 0.29) is 0 Å². The first-order valence-corrected chi connectivity index (χ1v) is 5.29. The van der Waals surface area contributed by atoms with Gasteiger partial charge in [-0.1, -0.05) is 0 Å². The van der Waals surface area contributed by atoms with Crippen LogP contribution in [-0.4, -0.2) is 13.4 Å². The van der Waals surface area contributed by atoms with Gasteiger partial charge in [0, 0.05) is 10.7 Å². The van der Waals surface area contributed by atoms with Gasteiger partial charge in [-0.2, -0.15) is 4.39 Å². The Kier molecular flexibility index (Phi) is 2.34. The lowest BCUT2D eigenvalue weighted by atomic mass is 10.3. The maximum absolute atomic E-state index is 12.5. The molecule has 1 aromatic heterocycles. The zero-order chi connectivity index (χ0) is 9.35. The van der Waals surface area contributed by atoms with E-state index in [1.54, 1.807) is 6.92 Å². The zero-order valence-electron chi connectivity index (χ0n) is 6.08. The Balaban J connectivity index is 3.37. The summed E-state index contributed by atoms with van der Waals surface area (Å²) in [6.07, 6.45) is 0. The highest BCUT2D eigenvalue weighted by molar-refractivity contribution is 8.13. The predicted octanol–water partition coefficient (Wildman–Crippen LogP) is 1.46. The van der Waals surface area contributed by atoms with Crippen LogP contribution >= 0.6 is 10.7 Å². The minimum absolute atomic E-state index is 0.457. The van der Waals surface area contributed by atoms with Crippen molar-refractivity contribution in [2.45, 2.75) is 11.9 Å². The van der Waals surface area contributed by atoms with Crippen LogP contribution in [0.15, 0.2) is 17.2 Å². The van der Waals surface area contributed by atoms with Crippen molar-refractivity contribution in [1.82, 2.24) is 4.98 Å². The van der Waals surface area contributed by atoms with Gasteiger partial charge in [-0.15, -0.1) is 0 Å². The molecule has 66 valence electrons. The molecule has 0 aliphatic heterocycles. The van der Waals surface area contributed by atoms with Crippen molar-refractivity contribution in [3.05, 3.63) is 23.6 Å². The molecule has 0 saturated carbocycles. The summed E-state index contributed by atoms with van der Waals surface area (Å²) in [6.45, 7) is 1.55. The number of hydrogen-bond acceptors (Lipinski definition) is 3. The largest absolute Gasteiger partial charge is 0.278 e. The maximum Gasteiger partial charge on any atom is 0.278 e. The molecule has 0 atom stereocenters. The first-order valence-electron chi connectivity index (χ1n) is 2.98. The van der Waals surface area contributed by atoms with E-state index < -0.39 is 20.0 Å². The summed E-state index contributed by atoms with van der Waals surface area (Å²) in [7, 11) is 1.02. The predicted molar refractivity (Wildman–Crippen MR) is 42.0 cm³/mol. The first kappa shape index (κ1) is 9.41.